The molecule has 1 amide bonds. The molecular weight excluding hydrogens is 252 g/mol. The maximum atomic E-state index is 11.7. The van der Waals surface area contributed by atoms with Gasteiger partial charge in [0.25, 0.3) is 5.91 Å². The minimum Gasteiger partial charge on any atom is -0.475 e. The minimum atomic E-state index is -1.18. The number of H-pyrrole nitrogens is 1. The molecule has 0 radical (unpaired) electrons. The number of furan rings is 1. The SMILES string of the molecule is O=C(O)c1ccc(CNC(=O)c2c[nH]ccc2=O)o1. The second kappa shape index (κ2) is 5.21. The van der Waals surface area contributed by atoms with Crippen molar-refractivity contribution in [2.75, 3.05) is 0 Å². The normalized spacial score (nSPS) is 10.1. The first-order valence-electron chi connectivity index (χ1n) is 5.35. The van der Waals surface area contributed by atoms with Crippen molar-refractivity contribution in [1.29, 1.82) is 0 Å². The molecular formula is C12H10N2O5. The summed E-state index contributed by atoms with van der Waals surface area (Å²) in [6, 6.07) is 3.97. The van der Waals surface area contributed by atoms with Crippen LogP contribution in [0.5, 0.6) is 0 Å². The van der Waals surface area contributed by atoms with Crippen molar-refractivity contribution in [1.82, 2.24) is 10.3 Å². The molecule has 7 nitrogen and oxygen atoms in total. The highest BCUT2D eigenvalue weighted by Gasteiger charge is 2.12. The molecule has 0 aliphatic carbocycles. The van der Waals surface area contributed by atoms with E-state index in [9.17, 15) is 14.4 Å². The van der Waals surface area contributed by atoms with Gasteiger partial charge in [-0.15, -0.1) is 0 Å². The van der Waals surface area contributed by atoms with Crippen LogP contribution in [-0.2, 0) is 6.54 Å². The van der Waals surface area contributed by atoms with E-state index in [-0.39, 0.29) is 23.6 Å². The van der Waals surface area contributed by atoms with Gasteiger partial charge in [0, 0.05) is 18.5 Å². The van der Waals surface area contributed by atoms with Crippen molar-refractivity contribution in [3.63, 3.8) is 0 Å². The third-order valence-corrected chi connectivity index (χ3v) is 2.36. The maximum Gasteiger partial charge on any atom is 0.371 e. The lowest BCUT2D eigenvalue weighted by atomic mass is 10.2. The Bertz CT molecular complexity index is 671. The highest BCUT2D eigenvalue weighted by atomic mass is 16.4. The summed E-state index contributed by atoms with van der Waals surface area (Å²) in [5.41, 5.74) is -0.422. The van der Waals surface area contributed by atoms with Gasteiger partial charge in [-0.1, -0.05) is 0 Å². The van der Waals surface area contributed by atoms with E-state index in [0.717, 1.165) is 0 Å². The van der Waals surface area contributed by atoms with Crippen molar-refractivity contribution in [3.8, 4) is 0 Å². The lowest BCUT2D eigenvalue weighted by molar-refractivity contribution is 0.0660. The number of amides is 1. The van der Waals surface area contributed by atoms with E-state index >= 15 is 0 Å². The number of hydrogen-bond acceptors (Lipinski definition) is 4. The number of nitrogens with one attached hydrogen (secondary N) is 2. The zero-order valence-corrected chi connectivity index (χ0v) is 9.67. The van der Waals surface area contributed by atoms with Crippen LogP contribution in [0, 0.1) is 0 Å². The quantitative estimate of drug-likeness (QED) is 0.746. The smallest absolute Gasteiger partial charge is 0.371 e. The van der Waals surface area contributed by atoms with E-state index in [4.69, 9.17) is 9.52 Å². The lowest BCUT2D eigenvalue weighted by Gasteiger charge is -2.02. The van der Waals surface area contributed by atoms with Gasteiger partial charge in [0.2, 0.25) is 5.76 Å². The van der Waals surface area contributed by atoms with Crippen LogP contribution in [0.4, 0.5) is 0 Å². The van der Waals surface area contributed by atoms with Gasteiger partial charge in [-0.25, -0.2) is 4.79 Å². The Morgan fingerprint density at radius 3 is 2.74 bits per heavy atom. The molecule has 0 aromatic carbocycles. The van der Waals surface area contributed by atoms with E-state index < -0.39 is 17.3 Å². The Morgan fingerprint density at radius 1 is 1.32 bits per heavy atom. The number of pyridine rings is 1. The largest absolute Gasteiger partial charge is 0.475 e. The summed E-state index contributed by atoms with van der Waals surface area (Å²) < 4.78 is 4.96. The summed E-state index contributed by atoms with van der Waals surface area (Å²) in [7, 11) is 0. The predicted octanol–water partition coefficient (Wildman–Crippen LogP) is 0.596. The molecule has 0 unspecified atom stereocenters. The maximum absolute atomic E-state index is 11.7. The number of aromatic amines is 1. The van der Waals surface area contributed by atoms with Crippen molar-refractivity contribution >= 4 is 11.9 Å². The zero-order chi connectivity index (χ0) is 13.8. The summed E-state index contributed by atoms with van der Waals surface area (Å²) in [6.07, 6.45) is 2.72. The van der Waals surface area contributed by atoms with Gasteiger partial charge >= 0.3 is 5.97 Å². The van der Waals surface area contributed by atoms with Gasteiger partial charge in [0.05, 0.1) is 6.54 Å². The highest BCUT2D eigenvalue weighted by Crippen LogP contribution is 2.07. The molecule has 0 atom stereocenters. The number of aromatic nitrogens is 1. The van der Waals surface area contributed by atoms with Gasteiger partial charge in [0.1, 0.15) is 11.3 Å². The first-order chi connectivity index (χ1) is 9.08. The fourth-order valence-electron chi connectivity index (χ4n) is 1.44. The number of carbonyl (C=O) groups excluding carboxylic acids is 1. The van der Waals surface area contributed by atoms with Crippen molar-refractivity contribution < 1.29 is 19.1 Å². The number of carboxylic acids is 1. The summed E-state index contributed by atoms with van der Waals surface area (Å²) in [6.45, 7) is 0.000444. The van der Waals surface area contributed by atoms with Crippen LogP contribution in [0.2, 0.25) is 0 Å². The van der Waals surface area contributed by atoms with Crippen LogP contribution in [-0.4, -0.2) is 22.0 Å². The molecule has 0 aliphatic heterocycles. The van der Waals surface area contributed by atoms with Crippen molar-refractivity contribution in [2.24, 2.45) is 0 Å². The Labute approximate surface area is 106 Å². The first-order valence-corrected chi connectivity index (χ1v) is 5.35. The molecule has 2 rings (SSSR count). The van der Waals surface area contributed by atoms with Crippen molar-refractivity contribution in [3.05, 3.63) is 57.9 Å². The van der Waals surface area contributed by atoms with Gasteiger partial charge in [-0.2, -0.15) is 0 Å². The molecule has 0 saturated heterocycles. The molecule has 0 fully saturated rings. The second-order valence-corrected chi connectivity index (χ2v) is 3.68. The monoisotopic (exact) mass is 262 g/mol. The molecule has 0 aliphatic rings. The van der Waals surface area contributed by atoms with Crippen LogP contribution in [0.25, 0.3) is 0 Å². The third kappa shape index (κ3) is 2.89. The predicted molar refractivity (Wildman–Crippen MR) is 63.9 cm³/mol. The molecule has 0 bridgehead atoms. The molecule has 19 heavy (non-hydrogen) atoms. The number of rotatable bonds is 4. The van der Waals surface area contributed by atoms with Crippen LogP contribution in [0.3, 0.4) is 0 Å². The molecule has 2 aromatic rings. The number of hydrogen-bond donors (Lipinski definition) is 3. The van der Waals surface area contributed by atoms with Crippen LogP contribution in [0.1, 0.15) is 26.7 Å². The Morgan fingerprint density at radius 2 is 2.11 bits per heavy atom. The lowest BCUT2D eigenvalue weighted by Crippen LogP contribution is -2.27. The standard InChI is InChI=1S/C12H10N2O5/c15-9-3-4-13-6-8(9)11(16)14-5-7-1-2-10(19-7)12(17)18/h1-4,6H,5H2,(H,13,15)(H,14,16)(H,17,18). The number of carbonyl (C=O) groups is 2. The fraction of sp³-hybridized carbons (Fsp3) is 0.0833. The van der Waals surface area contributed by atoms with Crippen molar-refractivity contribution in [2.45, 2.75) is 6.54 Å². The van der Waals surface area contributed by atoms with Gasteiger partial charge in [-0.3, -0.25) is 9.59 Å². The minimum absolute atomic E-state index is 0.000444. The first kappa shape index (κ1) is 12.6. The van der Waals surface area contributed by atoms with E-state index in [1.165, 1.54) is 30.6 Å². The van der Waals surface area contributed by atoms with E-state index in [2.05, 4.69) is 10.3 Å². The van der Waals surface area contributed by atoms with Crippen LogP contribution in [0.15, 0.2) is 39.8 Å². The molecule has 0 spiro atoms. The summed E-state index contributed by atoms with van der Waals surface area (Å²) >= 11 is 0. The van der Waals surface area contributed by atoms with Crippen LogP contribution >= 0.6 is 0 Å². The fourth-order valence-corrected chi connectivity index (χ4v) is 1.44. The van der Waals surface area contributed by atoms with Gasteiger partial charge in [-0.05, 0) is 12.1 Å². The zero-order valence-electron chi connectivity index (χ0n) is 9.67. The van der Waals surface area contributed by atoms with E-state index in [1.54, 1.807) is 0 Å². The Hall–Kier alpha value is -2.83. The average molecular weight is 262 g/mol. The summed E-state index contributed by atoms with van der Waals surface area (Å²) in [5, 5.41) is 11.1. The molecule has 7 heteroatoms. The highest BCUT2D eigenvalue weighted by molar-refractivity contribution is 5.93. The average Bonchev–Trinajstić information content (AvgIpc) is 2.85. The third-order valence-electron chi connectivity index (χ3n) is 2.36. The Balaban J connectivity index is 2.02. The Kier molecular flexibility index (Phi) is 3.46. The van der Waals surface area contributed by atoms with Gasteiger partial charge in [0.15, 0.2) is 5.43 Å². The molecule has 0 saturated carbocycles. The van der Waals surface area contributed by atoms with E-state index in [1.807, 2.05) is 0 Å². The molecule has 2 aromatic heterocycles. The topological polar surface area (TPSA) is 112 Å². The second-order valence-electron chi connectivity index (χ2n) is 3.68. The molecule has 3 N–H and O–H groups in total. The van der Waals surface area contributed by atoms with Gasteiger partial charge < -0.3 is 19.8 Å². The van der Waals surface area contributed by atoms with Crippen LogP contribution < -0.4 is 10.7 Å². The molecule has 98 valence electrons. The number of aromatic carboxylic acids is 1. The number of carboxylic acid groups (broad SMARTS) is 1. The summed E-state index contributed by atoms with van der Waals surface area (Å²) in [5.74, 6) is -1.66. The van der Waals surface area contributed by atoms with E-state index in [0.29, 0.717) is 0 Å². The molecule has 2 heterocycles. The summed E-state index contributed by atoms with van der Waals surface area (Å²) in [4.78, 5) is 36.3.